The summed E-state index contributed by atoms with van der Waals surface area (Å²) >= 11 is 0. The molecule has 1 rings (SSSR count). The summed E-state index contributed by atoms with van der Waals surface area (Å²) in [6, 6.07) is 6.53. The zero-order valence-corrected chi connectivity index (χ0v) is 10.9. The minimum Gasteiger partial charge on any atom is -0.309 e. The zero-order chi connectivity index (χ0) is 12.5. The van der Waals surface area contributed by atoms with Crippen molar-refractivity contribution in [1.29, 1.82) is 0 Å². The lowest BCUT2D eigenvalue weighted by molar-refractivity contribution is 0.477. The lowest BCUT2D eigenvalue weighted by atomic mass is 10.1. The Labute approximate surface area is 105 Å². The van der Waals surface area contributed by atoms with Crippen LogP contribution in [-0.2, 0) is 0 Å². The minimum atomic E-state index is 0.336. The highest BCUT2D eigenvalue weighted by atomic mass is 14.9. The van der Waals surface area contributed by atoms with Crippen LogP contribution in [0.15, 0.2) is 18.2 Å². The largest absolute Gasteiger partial charge is 0.309 e. The summed E-state index contributed by atoms with van der Waals surface area (Å²) in [6.45, 7) is 5.23. The van der Waals surface area contributed by atoms with Crippen LogP contribution in [0, 0.1) is 19.3 Å². The summed E-state index contributed by atoms with van der Waals surface area (Å²) in [7, 11) is 0. The number of pyridine rings is 1. The second kappa shape index (κ2) is 7.86. The third kappa shape index (κ3) is 5.01. The summed E-state index contributed by atoms with van der Waals surface area (Å²) < 4.78 is 0. The van der Waals surface area contributed by atoms with Gasteiger partial charge in [0.1, 0.15) is 0 Å². The summed E-state index contributed by atoms with van der Waals surface area (Å²) in [5.74, 6) is 2.69. The van der Waals surface area contributed by atoms with Crippen molar-refractivity contribution in [2.75, 3.05) is 6.54 Å². The Balaban J connectivity index is 2.64. The average Bonchev–Trinajstić information content (AvgIpc) is 2.33. The Morgan fingerprint density at radius 1 is 1.47 bits per heavy atom. The summed E-state index contributed by atoms with van der Waals surface area (Å²) in [5.41, 5.74) is 2.21. The lowest BCUT2D eigenvalue weighted by Gasteiger charge is -2.18. The molecule has 2 nitrogen and oxygen atoms in total. The van der Waals surface area contributed by atoms with Crippen molar-refractivity contribution in [2.24, 2.45) is 0 Å². The fourth-order valence-corrected chi connectivity index (χ4v) is 1.84. The van der Waals surface area contributed by atoms with Gasteiger partial charge < -0.3 is 5.32 Å². The molecular formula is C15H22N2. The molecule has 92 valence electrons. The van der Waals surface area contributed by atoms with E-state index in [0.29, 0.717) is 6.04 Å². The topological polar surface area (TPSA) is 24.9 Å². The zero-order valence-electron chi connectivity index (χ0n) is 10.9. The van der Waals surface area contributed by atoms with Gasteiger partial charge in [0.2, 0.25) is 0 Å². The van der Waals surface area contributed by atoms with Crippen molar-refractivity contribution in [1.82, 2.24) is 10.3 Å². The molecule has 1 atom stereocenters. The van der Waals surface area contributed by atoms with E-state index >= 15 is 0 Å². The SMILES string of the molecule is C#CCCCC(NCCC)c1cccc(C)n1. The highest BCUT2D eigenvalue weighted by Crippen LogP contribution is 2.17. The van der Waals surface area contributed by atoms with Gasteiger partial charge in [-0.3, -0.25) is 4.98 Å². The fourth-order valence-electron chi connectivity index (χ4n) is 1.84. The van der Waals surface area contributed by atoms with Crippen molar-refractivity contribution >= 4 is 0 Å². The number of aryl methyl sites for hydroxylation is 1. The third-order valence-electron chi connectivity index (χ3n) is 2.72. The van der Waals surface area contributed by atoms with E-state index < -0.39 is 0 Å². The van der Waals surface area contributed by atoms with Gasteiger partial charge >= 0.3 is 0 Å². The number of terminal acetylenes is 1. The molecule has 0 amide bonds. The van der Waals surface area contributed by atoms with Gasteiger partial charge in [0.05, 0.1) is 5.69 Å². The first-order valence-electron chi connectivity index (χ1n) is 6.38. The quantitative estimate of drug-likeness (QED) is 0.574. The molecule has 0 aromatic carbocycles. The maximum atomic E-state index is 5.29. The Kier molecular flexibility index (Phi) is 6.35. The van der Waals surface area contributed by atoms with Gasteiger partial charge in [0, 0.05) is 18.2 Å². The number of nitrogens with zero attached hydrogens (tertiary/aromatic N) is 1. The van der Waals surface area contributed by atoms with Crippen molar-refractivity contribution in [2.45, 2.75) is 45.6 Å². The molecule has 1 N–H and O–H groups in total. The van der Waals surface area contributed by atoms with Crippen LogP contribution >= 0.6 is 0 Å². The van der Waals surface area contributed by atoms with Crippen LogP contribution in [0.1, 0.15) is 50.0 Å². The maximum Gasteiger partial charge on any atom is 0.0576 e. The highest BCUT2D eigenvalue weighted by molar-refractivity contribution is 5.13. The molecule has 0 aliphatic rings. The van der Waals surface area contributed by atoms with Crippen LogP contribution in [0.2, 0.25) is 0 Å². The molecular weight excluding hydrogens is 208 g/mol. The molecule has 0 fully saturated rings. The first kappa shape index (κ1) is 13.7. The maximum absolute atomic E-state index is 5.29. The average molecular weight is 230 g/mol. The first-order valence-corrected chi connectivity index (χ1v) is 6.38. The summed E-state index contributed by atoms with van der Waals surface area (Å²) in [4.78, 5) is 4.59. The Hall–Kier alpha value is -1.33. The van der Waals surface area contributed by atoms with Crippen molar-refractivity contribution < 1.29 is 0 Å². The number of hydrogen-bond acceptors (Lipinski definition) is 2. The summed E-state index contributed by atoms with van der Waals surface area (Å²) in [5, 5.41) is 3.54. The molecule has 0 saturated heterocycles. The van der Waals surface area contributed by atoms with E-state index in [0.717, 1.165) is 43.6 Å². The highest BCUT2D eigenvalue weighted by Gasteiger charge is 2.11. The molecule has 2 heteroatoms. The molecule has 1 heterocycles. The molecule has 0 saturated carbocycles. The van der Waals surface area contributed by atoms with Gasteiger partial charge in [-0.15, -0.1) is 12.3 Å². The van der Waals surface area contributed by atoms with Gasteiger partial charge in [-0.2, -0.15) is 0 Å². The number of hydrogen-bond donors (Lipinski definition) is 1. The van der Waals surface area contributed by atoms with Gasteiger partial charge in [-0.1, -0.05) is 13.0 Å². The molecule has 17 heavy (non-hydrogen) atoms. The standard InChI is InChI=1S/C15H22N2/c1-4-6-7-10-14(16-12-5-2)15-11-8-9-13(3)17-15/h1,8-9,11,14,16H,5-7,10,12H2,2-3H3. The first-order chi connectivity index (χ1) is 8.27. The molecule has 0 aliphatic heterocycles. The van der Waals surface area contributed by atoms with Gasteiger partial charge in [0.25, 0.3) is 0 Å². The van der Waals surface area contributed by atoms with Crippen LogP contribution in [0.25, 0.3) is 0 Å². The van der Waals surface area contributed by atoms with E-state index in [2.05, 4.69) is 35.3 Å². The van der Waals surface area contributed by atoms with Crippen LogP contribution in [0.3, 0.4) is 0 Å². The monoisotopic (exact) mass is 230 g/mol. The summed E-state index contributed by atoms with van der Waals surface area (Å²) in [6.07, 6.45) is 9.38. The normalized spacial score (nSPS) is 12.1. The second-order valence-corrected chi connectivity index (χ2v) is 4.31. The molecule has 0 bridgehead atoms. The van der Waals surface area contributed by atoms with E-state index in [-0.39, 0.29) is 0 Å². The lowest BCUT2D eigenvalue weighted by Crippen LogP contribution is -2.23. The van der Waals surface area contributed by atoms with Crippen molar-refractivity contribution in [3.05, 3.63) is 29.6 Å². The Morgan fingerprint density at radius 2 is 2.29 bits per heavy atom. The minimum absolute atomic E-state index is 0.336. The van der Waals surface area contributed by atoms with Crippen LogP contribution in [-0.4, -0.2) is 11.5 Å². The van der Waals surface area contributed by atoms with Crippen LogP contribution in [0.5, 0.6) is 0 Å². The predicted molar refractivity (Wildman–Crippen MR) is 72.7 cm³/mol. The number of unbranched alkanes of at least 4 members (excludes halogenated alkanes) is 1. The van der Waals surface area contributed by atoms with E-state index in [9.17, 15) is 0 Å². The molecule has 1 unspecified atom stereocenters. The second-order valence-electron chi connectivity index (χ2n) is 4.31. The third-order valence-corrected chi connectivity index (χ3v) is 2.72. The fraction of sp³-hybridized carbons (Fsp3) is 0.533. The molecule has 0 aliphatic carbocycles. The smallest absolute Gasteiger partial charge is 0.0576 e. The van der Waals surface area contributed by atoms with Gasteiger partial charge in [-0.25, -0.2) is 0 Å². The van der Waals surface area contributed by atoms with E-state index in [1.165, 1.54) is 0 Å². The van der Waals surface area contributed by atoms with Gasteiger partial charge in [0.15, 0.2) is 0 Å². The van der Waals surface area contributed by atoms with E-state index in [1.807, 2.05) is 13.0 Å². The van der Waals surface area contributed by atoms with Crippen molar-refractivity contribution in [3.63, 3.8) is 0 Å². The van der Waals surface area contributed by atoms with Crippen molar-refractivity contribution in [3.8, 4) is 12.3 Å². The molecule has 1 aromatic heterocycles. The molecule has 0 spiro atoms. The molecule has 1 aromatic rings. The Morgan fingerprint density at radius 3 is 2.94 bits per heavy atom. The van der Waals surface area contributed by atoms with Crippen LogP contribution < -0.4 is 5.32 Å². The van der Waals surface area contributed by atoms with E-state index in [4.69, 9.17) is 6.42 Å². The Bertz CT molecular complexity index is 365. The van der Waals surface area contributed by atoms with Crippen LogP contribution in [0.4, 0.5) is 0 Å². The molecule has 0 radical (unpaired) electrons. The van der Waals surface area contributed by atoms with Gasteiger partial charge in [-0.05, 0) is 44.9 Å². The number of rotatable bonds is 7. The predicted octanol–water partition coefficient (Wildman–Crippen LogP) is 3.23. The number of aromatic nitrogens is 1. The van der Waals surface area contributed by atoms with E-state index in [1.54, 1.807) is 0 Å². The number of nitrogens with one attached hydrogen (secondary N) is 1.